The molecule has 0 saturated heterocycles. The van der Waals surface area contributed by atoms with Crippen LogP contribution in [0.2, 0.25) is 0 Å². The molecule has 0 spiro atoms. The number of rotatable bonds is 4. The lowest BCUT2D eigenvalue weighted by Gasteiger charge is -2.15. The van der Waals surface area contributed by atoms with Gasteiger partial charge in [-0.1, -0.05) is 12.1 Å². The minimum absolute atomic E-state index is 0.0592. The molecule has 2 aromatic rings. The van der Waals surface area contributed by atoms with E-state index >= 15 is 0 Å². The van der Waals surface area contributed by atoms with Gasteiger partial charge in [0.1, 0.15) is 0 Å². The van der Waals surface area contributed by atoms with Crippen molar-refractivity contribution < 1.29 is 9.59 Å². The van der Waals surface area contributed by atoms with E-state index in [1.807, 2.05) is 23.6 Å². The van der Waals surface area contributed by atoms with Crippen LogP contribution in [0.3, 0.4) is 0 Å². The molecule has 21 heavy (non-hydrogen) atoms. The van der Waals surface area contributed by atoms with Gasteiger partial charge >= 0.3 is 0 Å². The molecule has 2 rings (SSSR count). The van der Waals surface area contributed by atoms with E-state index in [4.69, 9.17) is 0 Å². The summed E-state index contributed by atoms with van der Waals surface area (Å²) in [6.07, 6.45) is 3.26. The van der Waals surface area contributed by atoms with Gasteiger partial charge in [-0.05, 0) is 35.7 Å². The lowest BCUT2D eigenvalue weighted by molar-refractivity contribution is -0.116. The molecule has 1 aromatic heterocycles. The fourth-order valence-corrected chi connectivity index (χ4v) is 2.32. The number of benzene rings is 1. The van der Waals surface area contributed by atoms with E-state index < -0.39 is 0 Å². The first kappa shape index (κ1) is 15.0. The first-order chi connectivity index (χ1) is 10.1. The van der Waals surface area contributed by atoms with Crippen LogP contribution >= 0.6 is 11.3 Å². The van der Waals surface area contributed by atoms with Crippen LogP contribution in [0.5, 0.6) is 0 Å². The van der Waals surface area contributed by atoms with Crippen LogP contribution in [0.4, 0.5) is 11.4 Å². The number of anilines is 2. The van der Waals surface area contributed by atoms with Crippen molar-refractivity contribution in [3.63, 3.8) is 0 Å². The van der Waals surface area contributed by atoms with E-state index in [1.165, 1.54) is 17.9 Å². The predicted octanol–water partition coefficient (Wildman–Crippen LogP) is 3.38. The van der Waals surface area contributed by atoms with Crippen molar-refractivity contribution in [1.82, 2.24) is 0 Å². The number of hydrogen-bond donors (Lipinski definition) is 1. The SMILES string of the molecule is CC(=O)N(C)c1cccc(NC(=O)/C=C/c2cccs2)c1. The molecule has 0 bridgehead atoms. The predicted molar refractivity (Wildman–Crippen MR) is 87.5 cm³/mol. The van der Waals surface area contributed by atoms with Crippen molar-refractivity contribution in [2.75, 3.05) is 17.3 Å². The molecule has 0 saturated carbocycles. The molecule has 0 aliphatic carbocycles. The van der Waals surface area contributed by atoms with Gasteiger partial charge in [0, 0.05) is 36.3 Å². The number of carbonyl (C=O) groups excluding carboxylic acids is 2. The molecule has 108 valence electrons. The Labute approximate surface area is 127 Å². The topological polar surface area (TPSA) is 49.4 Å². The van der Waals surface area contributed by atoms with Gasteiger partial charge in [-0.3, -0.25) is 9.59 Å². The molecule has 0 unspecified atom stereocenters. The summed E-state index contributed by atoms with van der Waals surface area (Å²) in [6.45, 7) is 1.50. The maximum atomic E-state index is 11.8. The number of carbonyl (C=O) groups is 2. The van der Waals surface area contributed by atoms with E-state index in [-0.39, 0.29) is 11.8 Å². The Morgan fingerprint density at radius 1 is 1.24 bits per heavy atom. The maximum Gasteiger partial charge on any atom is 0.248 e. The number of hydrogen-bond acceptors (Lipinski definition) is 3. The Morgan fingerprint density at radius 2 is 2.05 bits per heavy atom. The maximum absolute atomic E-state index is 11.8. The fraction of sp³-hybridized carbons (Fsp3) is 0.125. The summed E-state index contributed by atoms with van der Waals surface area (Å²) in [7, 11) is 1.69. The molecular formula is C16H16N2O2S. The van der Waals surface area contributed by atoms with Crippen LogP contribution in [0.25, 0.3) is 6.08 Å². The summed E-state index contributed by atoms with van der Waals surface area (Å²) in [6, 6.07) is 11.0. The average Bonchev–Trinajstić information content (AvgIpc) is 2.98. The molecule has 1 heterocycles. The Balaban J connectivity index is 2.04. The molecule has 0 aliphatic heterocycles. The van der Waals surface area contributed by atoms with Crippen LogP contribution in [0, 0.1) is 0 Å². The van der Waals surface area contributed by atoms with Crippen molar-refractivity contribution in [3.05, 3.63) is 52.7 Å². The quantitative estimate of drug-likeness (QED) is 0.880. The van der Waals surface area contributed by atoms with Crippen molar-refractivity contribution in [3.8, 4) is 0 Å². The zero-order chi connectivity index (χ0) is 15.2. The smallest absolute Gasteiger partial charge is 0.248 e. The standard InChI is InChI=1S/C16H16N2O2S/c1-12(19)18(2)14-6-3-5-13(11-14)17-16(20)9-8-15-7-4-10-21-15/h3-11H,1-2H3,(H,17,20)/b9-8+. The summed E-state index contributed by atoms with van der Waals surface area (Å²) < 4.78 is 0. The number of nitrogens with one attached hydrogen (secondary N) is 1. The summed E-state index contributed by atoms with van der Waals surface area (Å²) in [4.78, 5) is 25.7. The van der Waals surface area contributed by atoms with Crippen molar-refractivity contribution in [2.45, 2.75) is 6.92 Å². The second-order valence-electron chi connectivity index (χ2n) is 4.47. The second-order valence-corrected chi connectivity index (χ2v) is 5.45. The van der Waals surface area contributed by atoms with Gasteiger partial charge in [0.25, 0.3) is 0 Å². The van der Waals surface area contributed by atoms with Crippen LogP contribution in [-0.4, -0.2) is 18.9 Å². The fourth-order valence-electron chi connectivity index (χ4n) is 1.70. The average molecular weight is 300 g/mol. The highest BCUT2D eigenvalue weighted by molar-refractivity contribution is 7.10. The van der Waals surface area contributed by atoms with Crippen molar-refractivity contribution in [2.24, 2.45) is 0 Å². The van der Waals surface area contributed by atoms with Crippen LogP contribution in [0.1, 0.15) is 11.8 Å². The van der Waals surface area contributed by atoms with E-state index in [1.54, 1.807) is 42.7 Å². The van der Waals surface area contributed by atoms with Gasteiger partial charge in [0.2, 0.25) is 11.8 Å². The van der Waals surface area contributed by atoms with E-state index in [9.17, 15) is 9.59 Å². The molecule has 0 atom stereocenters. The van der Waals surface area contributed by atoms with Crippen molar-refractivity contribution in [1.29, 1.82) is 0 Å². The largest absolute Gasteiger partial charge is 0.322 e. The first-order valence-corrected chi connectivity index (χ1v) is 7.31. The summed E-state index contributed by atoms with van der Waals surface area (Å²) in [5.74, 6) is -0.262. The normalized spacial score (nSPS) is 10.6. The molecule has 0 radical (unpaired) electrons. The third kappa shape index (κ3) is 4.29. The van der Waals surface area contributed by atoms with E-state index in [2.05, 4.69) is 5.32 Å². The van der Waals surface area contributed by atoms with E-state index in [0.29, 0.717) is 5.69 Å². The lowest BCUT2D eigenvalue weighted by Crippen LogP contribution is -2.22. The van der Waals surface area contributed by atoms with Gasteiger partial charge in [0.05, 0.1) is 0 Å². The number of amides is 2. The highest BCUT2D eigenvalue weighted by Gasteiger charge is 2.06. The zero-order valence-corrected chi connectivity index (χ0v) is 12.7. The minimum atomic E-state index is -0.203. The Hall–Kier alpha value is -2.40. The van der Waals surface area contributed by atoms with Crippen molar-refractivity contribution >= 4 is 40.6 Å². The van der Waals surface area contributed by atoms with E-state index in [0.717, 1.165) is 10.6 Å². The molecule has 0 fully saturated rings. The molecule has 0 aliphatic rings. The van der Waals surface area contributed by atoms with Crippen LogP contribution in [0.15, 0.2) is 47.9 Å². The minimum Gasteiger partial charge on any atom is -0.322 e. The molecular weight excluding hydrogens is 284 g/mol. The Bertz CT molecular complexity index is 663. The highest BCUT2D eigenvalue weighted by Crippen LogP contribution is 2.18. The highest BCUT2D eigenvalue weighted by atomic mass is 32.1. The molecule has 4 nitrogen and oxygen atoms in total. The van der Waals surface area contributed by atoms with Crippen LogP contribution in [-0.2, 0) is 9.59 Å². The van der Waals surface area contributed by atoms with Gasteiger partial charge < -0.3 is 10.2 Å². The number of thiophene rings is 1. The van der Waals surface area contributed by atoms with Gasteiger partial charge in [-0.25, -0.2) is 0 Å². The molecule has 2 amide bonds. The zero-order valence-electron chi connectivity index (χ0n) is 11.9. The lowest BCUT2D eigenvalue weighted by atomic mass is 10.2. The Kier molecular flexibility index (Phi) is 4.90. The molecule has 5 heteroatoms. The first-order valence-electron chi connectivity index (χ1n) is 6.43. The summed E-state index contributed by atoms with van der Waals surface area (Å²) in [5.41, 5.74) is 1.39. The number of nitrogens with zero attached hydrogens (tertiary/aromatic N) is 1. The summed E-state index contributed by atoms with van der Waals surface area (Å²) in [5, 5.41) is 4.74. The van der Waals surface area contributed by atoms with Gasteiger partial charge in [-0.2, -0.15) is 0 Å². The van der Waals surface area contributed by atoms with Gasteiger partial charge in [0.15, 0.2) is 0 Å². The molecule has 1 N–H and O–H groups in total. The Morgan fingerprint density at radius 3 is 2.71 bits per heavy atom. The monoisotopic (exact) mass is 300 g/mol. The third-order valence-electron chi connectivity index (χ3n) is 2.92. The summed E-state index contributed by atoms with van der Waals surface area (Å²) >= 11 is 1.57. The van der Waals surface area contributed by atoms with Gasteiger partial charge in [-0.15, -0.1) is 11.3 Å². The second kappa shape index (κ2) is 6.85. The third-order valence-corrected chi connectivity index (χ3v) is 3.75. The molecule has 1 aromatic carbocycles. The van der Waals surface area contributed by atoms with Crippen LogP contribution < -0.4 is 10.2 Å².